The molecule has 1 unspecified atom stereocenters. The molecule has 0 amide bonds. The first-order valence-electron chi connectivity index (χ1n) is 6.59. The van der Waals surface area contributed by atoms with Gasteiger partial charge in [0.15, 0.2) is 0 Å². The van der Waals surface area contributed by atoms with Crippen molar-refractivity contribution in [3.63, 3.8) is 0 Å². The lowest BCUT2D eigenvalue weighted by atomic mass is 10.1. The summed E-state index contributed by atoms with van der Waals surface area (Å²) in [6, 6.07) is 6.89. The first-order chi connectivity index (χ1) is 9.52. The maximum absolute atomic E-state index is 4.31. The van der Waals surface area contributed by atoms with Crippen molar-refractivity contribution in [3.8, 4) is 0 Å². The number of rotatable bonds is 5. The highest BCUT2D eigenvalue weighted by Crippen LogP contribution is 2.30. The Morgan fingerprint density at radius 1 is 1.45 bits per heavy atom. The molecule has 1 aromatic heterocycles. The van der Waals surface area contributed by atoms with Gasteiger partial charge in [-0.2, -0.15) is 0 Å². The number of halogens is 1. The first-order valence-corrected chi connectivity index (χ1v) is 8.27. The average Bonchev–Trinajstić information content (AvgIpc) is 2.83. The van der Waals surface area contributed by atoms with Crippen molar-refractivity contribution in [1.82, 2.24) is 10.3 Å². The fraction of sp³-hybridized carbons (Fsp3) is 0.400. The van der Waals surface area contributed by atoms with Gasteiger partial charge in [0.25, 0.3) is 0 Å². The number of nitrogens with one attached hydrogen (secondary N) is 1. The molecule has 0 fully saturated rings. The Bertz CT molecular complexity index is 582. The highest BCUT2D eigenvalue weighted by Gasteiger charge is 2.11. The van der Waals surface area contributed by atoms with Gasteiger partial charge >= 0.3 is 0 Å². The van der Waals surface area contributed by atoms with Gasteiger partial charge in [-0.1, -0.05) is 6.07 Å². The SMILES string of the molecule is CNC(C)c1ccc(N(C)Cc2scnc2C)c(Br)c1. The lowest BCUT2D eigenvalue weighted by Crippen LogP contribution is -2.17. The van der Waals surface area contributed by atoms with Crippen molar-refractivity contribution >= 4 is 33.0 Å². The number of anilines is 1. The lowest BCUT2D eigenvalue weighted by molar-refractivity contribution is 0.652. The van der Waals surface area contributed by atoms with E-state index in [0.717, 1.165) is 16.7 Å². The monoisotopic (exact) mass is 353 g/mol. The van der Waals surface area contributed by atoms with Crippen LogP contribution in [0.25, 0.3) is 0 Å². The van der Waals surface area contributed by atoms with Gasteiger partial charge < -0.3 is 10.2 Å². The summed E-state index contributed by atoms with van der Waals surface area (Å²) in [4.78, 5) is 7.87. The zero-order valence-electron chi connectivity index (χ0n) is 12.3. The Kier molecular flexibility index (Phi) is 5.18. The van der Waals surface area contributed by atoms with E-state index in [1.807, 2.05) is 12.6 Å². The number of hydrogen-bond donors (Lipinski definition) is 1. The minimum absolute atomic E-state index is 0.356. The lowest BCUT2D eigenvalue weighted by Gasteiger charge is -2.22. The fourth-order valence-corrected chi connectivity index (χ4v) is 3.58. The Balaban J connectivity index is 2.18. The number of thiazole rings is 1. The molecule has 0 radical (unpaired) electrons. The van der Waals surface area contributed by atoms with Crippen LogP contribution >= 0.6 is 27.3 Å². The quantitative estimate of drug-likeness (QED) is 0.875. The third-order valence-electron chi connectivity index (χ3n) is 3.54. The minimum Gasteiger partial charge on any atom is -0.368 e. The minimum atomic E-state index is 0.356. The molecular weight excluding hydrogens is 334 g/mol. The molecule has 0 bridgehead atoms. The van der Waals surface area contributed by atoms with Crippen LogP contribution in [0.15, 0.2) is 28.2 Å². The summed E-state index contributed by atoms with van der Waals surface area (Å²) in [6.45, 7) is 5.11. The zero-order chi connectivity index (χ0) is 14.7. The van der Waals surface area contributed by atoms with Crippen LogP contribution in [0.3, 0.4) is 0 Å². The van der Waals surface area contributed by atoms with Crippen molar-refractivity contribution < 1.29 is 0 Å². The highest BCUT2D eigenvalue weighted by molar-refractivity contribution is 9.10. The molecule has 1 heterocycles. The number of benzene rings is 1. The van der Waals surface area contributed by atoms with Crippen molar-refractivity contribution in [2.75, 3.05) is 19.0 Å². The van der Waals surface area contributed by atoms with Crippen LogP contribution in [0.5, 0.6) is 0 Å². The molecule has 0 saturated carbocycles. The molecule has 0 aliphatic rings. The van der Waals surface area contributed by atoms with E-state index in [4.69, 9.17) is 0 Å². The molecule has 1 aromatic carbocycles. The number of aromatic nitrogens is 1. The third-order valence-corrected chi connectivity index (χ3v) is 5.10. The third kappa shape index (κ3) is 3.40. The standard InChI is InChI=1S/C15H20BrN3S/c1-10(17-3)12-5-6-14(13(16)7-12)19(4)8-15-11(2)18-9-20-15/h5-7,9-10,17H,8H2,1-4H3. The summed E-state index contributed by atoms with van der Waals surface area (Å²) in [5.41, 5.74) is 5.51. The van der Waals surface area contributed by atoms with Gasteiger partial charge in [0.05, 0.1) is 23.4 Å². The van der Waals surface area contributed by atoms with Crippen molar-refractivity contribution in [2.24, 2.45) is 0 Å². The van der Waals surface area contributed by atoms with E-state index >= 15 is 0 Å². The smallest absolute Gasteiger partial charge is 0.0798 e. The second kappa shape index (κ2) is 6.70. The van der Waals surface area contributed by atoms with Crippen LogP contribution in [-0.2, 0) is 6.54 Å². The molecule has 108 valence electrons. The summed E-state index contributed by atoms with van der Waals surface area (Å²) < 4.78 is 1.13. The molecule has 0 saturated heterocycles. The van der Waals surface area contributed by atoms with Gasteiger partial charge in [0.2, 0.25) is 0 Å². The van der Waals surface area contributed by atoms with Gasteiger partial charge in [-0.25, -0.2) is 4.98 Å². The summed E-state index contributed by atoms with van der Waals surface area (Å²) in [5.74, 6) is 0. The van der Waals surface area contributed by atoms with Crippen molar-refractivity contribution in [3.05, 3.63) is 44.3 Å². The average molecular weight is 354 g/mol. The first kappa shape index (κ1) is 15.5. The Morgan fingerprint density at radius 2 is 2.20 bits per heavy atom. The van der Waals surface area contributed by atoms with E-state index in [1.54, 1.807) is 11.3 Å². The number of aryl methyl sites for hydroxylation is 1. The van der Waals surface area contributed by atoms with Crippen molar-refractivity contribution in [1.29, 1.82) is 0 Å². The normalized spacial score (nSPS) is 12.4. The number of hydrogen-bond acceptors (Lipinski definition) is 4. The second-order valence-electron chi connectivity index (χ2n) is 4.94. The van der Waals surface area contributed by atoms with Gasteiger partial charge in [0.1, 0.15) is 0 Å². The van der Waals surface area contributed by atoms with Crippen LogP contribution in [0.4, 0.5) is 5.69 Å². The van der Waals surface area contributed by atoms with Gasteiger partial charge in [-0.15, -0.1) is 11.3 Å². The molecule has 2 aromatic rings. The molecule has 0 spiro atoms. The van der Waals surface area contributed by atoms with Crippen molar-refractivity contribution in [2.45, 2.75) is 26.4 Å². The molecule has 1 N–H and O–H groups in total. The van der Waals surface area contributed by atoms with Crippen LogP contribution in [0.2, 0.25) is 0 Å². The molecule has 20 heavy (non-hydrogen) atoms. The van der Waals surface area contributed by atoms with Crippen LogP contribution in [0.1, 0.15) is 29.1 Å². The Morgan fingerprint density at radius 3 is 2.75 bits per heavy atom. The predicted molar refractivity (Wildman–Crippen MR) is 90.6 cm³/mol. The molecule has 5 heteroatoms. The second-order valence-corrected chi connectivity index (χ2v) is 6.73. The van der Waals surface area contributed by atoms with E-state index in [9.17, 15) is 0 Å². The molecule has 0 aliphatic carbocycles. The van der Waals surface area contributed by atoms with Crippen LogP contribution in [0, 0.1) is 6.92 Å². The van der Waals surface area contributed by atoms with Gasteiger partial charge in [0, 0.05) is 22.4 Å². The van der Waals surface area contributed by atoms with E-state index < -0.39 is 0 Å². The van der Waals surface area contributed by atoms with Gasteiger partial charge in [-0.3, -0.25) is 0 Å². The fourth-order valence-electron chi connectivity index (χ4n) is 2.05. The molecule has 3 nitrogen and oxygen atoms in total. The molecule has 1 atom stereocenters. The maximum atomic E-state index is 4.31. The Hall–Kier alpha value is -0.910. The van der Waals surface area contributed by atoms with E-state index in [2.05, 4.69) is 70.2 Å². The van der Waals surface area contributed by atoms with Gasteiger partial charge in [-0.05, 0) is 54.5 Å². The predicted octanol–water partition coefficient (Wildman–Crippen LogP) is 4.13. The number of nitrogens with zero attached hydrogens (tertiary/aromatic N) is 2. The molecular formula is C15H20BrN3S. The van der Waals surface area contributed by atoms with E-state index in [1.165, 1.54) is 16.1 Å². The molecule has 0 aliphatic heterocycles. The Labute approximate surface area is 133 Å². The maximum Gasteiger partial charge on any atom is 0.0798 e. The molecule has 2 rings (SSSR count). The topological polar surface area (TPSA) is 28.2 Å². The van der Waals surface area contributed by atoms with Crippen LogP contribution in [-0.4, -0.2) is 19.1 Å². The highest BCUT2D eigenvalue weighted by atomic mass is 79.9. The van der Waals surface area contributed by atoms with E-state index in [-0.39, 0.29) is 0 Å². The summed E-state index contributed by atoms with van der Waals surface area (Å²) in [5, 5.41) is 3.26. The van der Waals surface area contributed by atoms with Crippen LogP contribution < -0.4 is 10.2 Å². The van der Waals surface area contributed by atoms with E-state index in [0.29, 0.717) is 6.04 Å². The summed E-state index contributed by atoms with van der Waals surface area (Å²) in [6.07, 6.45) is 0. The summed E-state index contributed by atoms with van der Waals surface area (Å²) in [7, 11) is 4.09. The summed E-state index contributed by atoms with van der Waals surface area (Å²) >= 11 is 5.40. The largest absolute Gasteiger partial charge is 0.368 e. The zero-order valence-corrected chi connectivity index (χ0v) is 14.7.